The molecule has 0 fully saturated rings. The van der Waals surface area contributed by atoms with Crippen LogP contribution in [-0.4, -0.2) is 34.3 Å². The molecule has 0 aromatic carbocycles. The van der Waals surface area contributed by atoms with Gasteiger partial charge in [0.2, 0.25) is 0 Å². The predicted molar refractivity (Wildman–Crippen MR) is 65.5 cm³/mol. The highest BCUT2D eigenvalue weighted by atomic mass is 32.1. The molecule has 4 nitrogen and oxygen atoms in total. The zero-order valence-corrected chi connectivity index (χ0v) is 10.7. The highest BCUT2D eigenvalue weighted by Gasteiger charge is 2.25. The first-order valence-corrected chi connectivity index (χ1v) is 6.40. The van der Waals surface area contributed by atoms with E-state index >= 15 is 0 Å². The molecule has 5 heteroatoms. The van der Waals surface area contributed by atoms with Crippen LogP contribution in [0.4, 0.5) is 0 Å². The molecule has 1 aliphatic heterocycles. The zero-order chi connectivity index (χ0) is 12.6. The Bertz CT molecular complexity index is 466. The van der Waals surface area contributed by atoms with E-state index in [0.29, 0.717) is 11.4 Å². The van der Waals surface area contributed by atoms with E-state index in [4.69, 9.17) is 5.11 Å². The fourth-order valence-corrected chi connectivity index (χ4v) is 3.05. The molecular formula is C12H15NO3S. The van der Waals surface area contributed by atoms with Crippen molar-refractivity contribution in [1.29, 1.82) is 0 Å². The number of hydrogen-bond acceptors (Lipinski definition) is 4. The Kier molecular flexibility index (Phi) is 3.31. The van der Waals surface area contributed by atoms with Crippen molar-refractivity contribution in [3.63, 3.8) is 0 Å². The molecule has 1 aliphatic rings. The monoisotopic (exact) mass is 253 g/mol. The van der Waals surface area contributed by atoms with Crippen LogP contribution < -0.4 is 0 Å². The zero-order valence-electron chi connectivity index (χ0n) is 9.90. The Balaban J connectivity index is 2.18. The Hall–Kier alpha value is -1.20. The molecule has 0 saturated heterocycles. The van der Waals surface area contributed by atoms with Crippen LogP contribution in [0.5, 0.6) is 0 Å². The number of carbonyl (C=O) groups excluding carboxylic acids is 1. The average molecular weight is 253 g/mol. The van der Waals surface area contributed by atoms with Crippen molar-refractivity contribution in [2.24, 2.45) is 0 Å². The fraction of sp³-hybridized carbons (Fsp3) is 0.500. The van der Waals surface area contributed by atoms with Gasteiger partial charge in [0.25, 0.3) is 0 Å². The Labute approximate surface area is 104 Å². The van der Waals surface area contributed by atoms with Gasteiger partial charge in [-0.05, 0) is 31.9 Å². The standard InChI is InChI=1S/C12H15NO3S/c1-7(8(2)14)13-4-3-10-9(6-13)5-11(17-10)12(15)16/h5,7H,3-4,6H2,1-2H3,(H,15,16). The molecule has 17 heavy (non-hydrogen) atoms. The molecule has 0 aliphatic carbocycles. The van der Waals surface area contributed by atoms with Gasteiger partial charge in [-0.2, -0.15) is 0 Å². The van der Waals surface area contributed by atoms with Crippen molar-refractivity contribution in [3.8, 4) is 0 Å². The number of carbonyl (C=O) groups is 2. The maximum Gasteiger partial charge on any atom is 0.345 e. The van der Waals surface area contributed by atoms with Crippen molar-refractivity contribution in [2.75, 3.05) is 6.54 Å². The van der Waals surface area contributed by atoms with E-state index in [1.807, 2.05) is 6.92 Å². The molecule has 92 valence electrons. The maximum absolute atomic E-state index is 11.3. The third-order valence-electron chi connectivity index (χ3n) is 3.24. The van der Waals surface area contributed by atoms with Gasteiger partial charge in [-0.3, -0.25) is 9.69 Å². The van der Waals surface area contributed by atoms with Gasteiger partial charge in [-0.1, -0.05) is 0 Å². The summed E-state index contributed by atoms with van der Waals surface area (Å²) in [6.45, 7) is 5.00. The summed E-state index contributed by atoms with van der Waals surface area (Å²) >= 11 is 1.35. The van der Waals surface area contributed by atoms with Crippen LogP contribution in [0.15, 0.2) is 6.07 Å². The predicted octanol–water partition coefficient (Wildman–Crippen LogP) is 1.78. The lowest BCUT2D eigenvalue weighted by atomic mass is 10.1. The third kappa shape index (κ3) is 2.40. The molecule has 1 aromatic heterocycles. The van der Waals surface area contributed by atoms with Crippen LogP contribution in [0.25, 0.3) is 0 Å². The van der Waals surface area contributed by atoms with Crippen molar-refractivity contribution in [1.82, 2.24) is 4.90 Å². The molecule has 1 atom stereocenters. The van der Waals surface area contributed by atoms with Crippen LogP contribution in [0, 0.1) is 0 Å². The minimum atomic E-state index is -0.865. The average Bonchev–Trinajstić information content (AvgIpc) is 2.70. The van der Waals surface area contributed by atoms with Crippen LogP contribution in [-0.2, 0) is 17.8 Å². The molecule has 1 N–H and O–H groups in total. The van der Waals surface area contributed by atoms with Crippen LogP contribution >= 0.6 is 11.3 Å². The Morgan fingerprint density at radius 3 is 2.82 bits per heavy atom. The van der Waals surface area contributed by atoms with E-state index in [9.17, 15) is 9.59 Å². The SMILES string of the molecule is CC(=O)C(C)N1CCc2sc(C(=O)O)cc2C1. The number of ketones is 1. The highest BCUT2D eigenvalue weighted by Crippen LogP contribution is 2.29. The van der Waals surface area contributed by atoms with E-state index in [-0.39, 0.29) is 11.8 Å². The first-order chi connectivity index (χ1) is 7.99. The molecule has 2 heterocycles. The summed E-state index contributed by atoms with van der Waals surface area (Å²) in [5.41, 5.74) is 1.06. The number of rotatable bonds is 3. The molecule has 0 bridgehead atoms. The number of Topliss-reactive ketones (excluding diaryl/α,β-unsaturated/α-hetero) is 1. The summed E-state index contributed by atoms with van der Waals surface area (Å²) in [5.74, 6) is -0.710. The number of thiophene rings is 1. The van der Waals surface area contributed by atoms with Gasteiger partial charge in [0, 0.05) is 18.0 Å². The normalized spacial score (nSPS) is 17.5. The van der Waals surface area contributed by atoms with Crippen LogP contribution in [0.1, 0.15) is 34.0 Å². The minimum Gasteiger partial charge on any atom is -0.477 e. The van der Waals surface area contributed by atoms with Crippen LogP contribution in [0.3, 0.4) is 0 Å². The van der Waals surface area contributed by atoms with Crippen LogP contribution in [0.2, 0.25) is 0 Å². The minimum absolute atomic E-state index is 0.0867. The molecular weight excluding hydrogens is 238 g/mol. The number of nitrogens with zero attached hydrogens (tertiary/aromatic N) is 1. The van der Waals surface area contributed by atoms with Gasteiger partial charge in [0.05, 0.1) is 6.04 Å². The van der Waals surface area contributed by atoms with Crippen molar-refractivity contribution < 1.29 is 14.7 Å². The molecule has 1 unspecified atom stereocenters. The second-order valence-electron chi connectivity index (χ2n) is 4.37. The molecule has 0 radical (unpaired) electrons. The fourth-order valence-electron chi connectivity index (χ4n) is 2.05. The lowest BCUT2D eigenvalue weighted by molar-refractivity contribution is -0.121. The summed E-state index contributed by atoms with van der Waals surface area (Å²) in [6, 6.07) is 1.65. The van der Waals surface area contributed by atoms with E-state index in [2.05, 4.69) is 4.90 Å². The second-order valence-corrected chi connectivity index (χ2v) is 5.51. The summed E-state index contributed by atoms with van der Waals surface area (Å²) in [5, 5.41) is 8.94. The maximum atomic E-state index is 11.3. The van der Waals surface area contributed by atoms with Gasteiger partial charge in [0.1, 0.15) is 10.7 Å². The summed E-state index contributed by atoms with van der Waals surface area (Å²) in [6.07, 6.45) is 0.838. The number of aromatic carboxylic acids is 1. The highest BCUT2D eigenvalue weighted by molar-refractivity contribution is 7.14. The number of hydrogen-bond donors (Lipinski definition) is 1. The smallest absolute Gasteiger partial charge is 0.345 e. The topological polar surface area (TPSA) is 57.6 Å². The third-order valence-corrected chi connectivity index (χ3v) is 4.47. The lowest BCUT2D eigenvalue weighted by Gasteiger charge is -2.30. The van der Waals surface area contributed by atoms with Gasteiger partial charge >= 0.3 is 5.97 Å². The summed E-state index contributed by atoms with van der Waals surface area (Å²) in [7, 11) is 0. The first-order valence-electron chi connectivity index (χ1n) is 5.58. The number of carboxylic acids is 1. The van der Waals surface area contributed by atoms with Gasteiger partial charge in [-0.25, -0.2) is 4.79 Å². The van der Waals surface area contributed by atoms with E-state index in [0.717, 1.165) is 23.4 Å². The van der Waals surface area contributed by atoms with Gasteiger partial charge in [-0.15, -0.1) is 11.3 Å². The van der Waals surface area contributed by atoms with Gasteiger partial charge < -0.3 is 5.11 Å². The quantitative estimate of drug-likeness (QED) is 0.892. The number of carboxylic acid groups (broad SMARTS) is 1. The first kappa shape index (κ1) is 12.3. The molecule has 0 spiro atoms. The largest absolute Gasteiger partial charge is 0.477 e. The molecule has 0 amide bonds. The summed E-state index contributed by atoms with van der Waals surface area (Å²) < 4.78 is 0. The Morgan fingerprint density at radius 1 is 1.53 bits per heavy atom. The Morgan fingerprint density at radius 2 is 2.24 bits per heavy atom. The lowest BCUT2D eigenvalue weighted by Crippen LogP contribution is -2.40. The molecule has 2 rings (SSSR count). The van der Waals surface area contributed by atoms with Crippen molar-refractivity contribution in [3.05, 3.63) is 21.4 Å². The van der Waals surface area contributed by atoms with Crippen molar-refractivity contribution in [2.45, 2.75) is 32.9 Å². The van der Waals surface area contributed by atoms with Gasteiger partial charge in [0.15, 0.2) is 0 Å². The van der Waals surface area contributed by atoms with E-state index < -0.39 is 5.97 Å². The summed E-state index contributed by atoms with van der Waals surface area (Å²) in [4.78, 5) is 25.9. The molecule has 1 aromatic rings. The number of fused-ring (bicyclic) bond motifs is 1. The van der Waals surface area contributed by atoms with Crippen molar-refractivity contribution >= 4 is 23.1 Å². The molecule has 0 saturated carbocycles. The van der Waals surface area contributed by atoms with E-state index in [1.165, 1.54) is 11.3 Å². The second kappa shape index (κ2) is 4.58. The van der Waals surface area contributed by atoms with E-state index in [1.54, 1.807) is 13.0 Å².